The summed E-state index contributed by atoms with van der Waals surface area (Å²) in [6, 6.07) is 13.7. The molecule has 6 nitrogen and oxygen atoms in total. The van der Waals surface area contributed by atoms with E-state index >= 15 is 0 Å². The third-order valence-electron chi connectivity index (χ3n) is 4.10. The van der Waals surface area contributed by atoms with Crippen LogP contribution < -0.4 is 10.1 Å². The third-order valence-corrected chi connectivity index (χ3v) is 4.10. The molecule has 1 aliphatic heterocycles. The molecule has 0 bridgehead atoms. The van der Waals surface area contributed by atoms with Gasteiger partial charge in [-0.05, 0) is 30.7 Å². The molecule has 6 heteroatoms. The molecule has 3 rings (SSSR count). The van der Waals surface area contributed by atoms with Crippen LogP contribution in [0.3, 0.4) is 0 Å². The predicted molar refractivity (Wildman–Crippen MR) is 97.3 cm³/mol. The van der Waals surface area contributed by atoms with Gasteiger partial charge in [-0.2, -0.15) is 0 Å². The van der Waals surface area contributed by atoms with Crippen LogP contribution in [0.25, 0.3) is 0 Å². The van der Waals surface area contributed by atoms with E-state index in [1.165, 1.54) is 0 Å². The zero-order chi connectivity index (χ0) is 18.5. The molecule has 2 aromatic rings. The molecular weight excluding hydrogens is 332 g/mol. The van der Waals surface area contributed by atoms with E-state index in [2.05, 4.69) is 12.2 Å². The monoisotopic (exact) mass is 352 g/mol. The van der Waals surface area contributed by atoms with Gasteiger partial charge in [-0.1, -0.05) is 37.6 Å². The van der Waals surface area contributed by atoms with Gasteiger partial charge in [0.05, 0.1) is 23.4 Å². The standard InChI is InChI=1S/C20H20N2O4/c1-2-3-12-26-17-11-7-6-10-16(17)21-18(23)13-22-19(24)14-8-4-5-9-15(14)20(22)25/h4-11H,2-3,12-13H2,1H3,(H,21,23). The molecular formula is C20H20N2O4. The van der Waals surface area contributed by atoms with E-state index in [-0.39, 0.29) is 6.54 Å². The number of anilines is 1. The van der Waals surface area contributed by atoms with Crippen molar-refractivity contribution >= 4 is 23.4 Å². The summed E-state index contributed by atoms with van der Waals surface area (Å²) in [4.78, 5) is 38.0. The average Bonchev–Trinajstić information content (AvgIpc) is 2.89. The number of nitrogens with one attached hydrogen (secondary N) is 1. The second-order valence-corrected chi connectivity index (χ2v) is 5.99. The molecule has 26 heavy (non-hydrogen) atoms. The normalized spacial score (nSPS) is 12.9. The number of amides is 3. The number of rotatable bonds is 7. The number of fused-ring (bicyclic) bond motifs is 1. The highest BCUT2D eigenvalue weighted by Gasteiger charge is 2.36. The van der Waals surface area contributed by atoms with Crippen molar-refractivity contribution in [2.45, 2.75) is 19.8 Å². The van der Waals surface area contributed by atoms with E-state index in [0.29, 0.717) is 29.2 Å². The number of unbranched alkanes of at least 4 members (excludes halogenated alkanes) is 1. The quantitative estimate of drug-likeness (QED) is 0.614. The molecule has 3 amide bonds. The molecule has 0 atom stereocenters. The second kappa shape index (κ2) is 7.82. The van der Waals surface area contributed by atoms with Gasteiger partial charge in [0.25, 0.3) is 11.8 Å². The largest absolute Gasteiger partial charge is 0.491 e. The van der Waals surface area contributed by atoms with E-state index in [4.69, 9.17) is 4.74 Å². The minimum Gasteiger partial charge on any atom is -0.491 e. The molecule has 1 heterocycles. The molecule has 0 spiro atoms. The maximum atomic E-state index is 12.4. The molecule has 0 unspecified atom stereocenters. The molecule has 0 aromatic heterocycles. The van der Waals surface area contributed by atoms with Gasteiger partial charge in [0.1, 0.15) is 12.3 Å². The summed E-state index contributed by atoms with van der Waals surface area (Å²) < 4.78 is 5.68. The van der Waals surface area contributed by atoms with Crippen molar-refractivity contribution in [2.24, 2.45) is 0 Å². The fourth-order valence-corrected chi connectivity index (χ4v) is 2.74. The van der Waals surface area contributed by atoms with Gasteiger partial charge in [-0.15, -0.1) is 0 Å². The third kappa shape index (κ3) is 3.59. The van der Waals surface area contributed by atoms with E-state index in [9.17, 15) is 14.4 Å². The van der Waals surface area contributed by atoms with Crippen LogP contribution in [0.2, 0.25) is 0 Å². The minimum absolute atomic E-state index is 0.327. The first-order chi connectivity index (χ1) is 12.6. The SMILES string of the molecule is CCCCOc1ccccc1NC(=O)CN1C(=O)c2ccccc2C1=O. The van der Waals surface area contributed by atoms with Gasteiger partial charge in [-0.3, -0.25) is 19.3 Å². The van der Waals surface area contributed by atoms with E-state index in [1.807, 2.05) is 6.07 Å². The van der Waals surface area contributed by atoms with Crippen LogP contribution in [-0.4, -0.2) is 35.8 Å². The summed E-state index contributed by atoms with van der Waals surface area (Å²) in [6.07, 6.45) is 1.92. The second-order valence-electron chi connectivity index (χ2n) is 5.99. The van der Waals surface area contributed by atoms with Crippen molar-refractivity contribution in [1.82, 2.24) is 4.90 Å². The lowest BCUT2D eigenvalue weighted by Gasteiger charge is -2.15. The lowest BCUT2D eigenvalue weighted by Crippen LogP contribution is -2.37. The molecule has 134 valence electrons. The molecule has 2 aromatic carbocycles. The number of nitrogens with zero attached hydrogens (tertiary/aromatic N) is 1. The van der Waals surface area contributed by atoms with Gasteiger partial charge >= 0.3 is 0 Å². The zero-order valence-corrected chi connectivity index (χ0v) is 14.5. The predicted octanol–water partition coefficient (Wildman–Crippen LogP) is 3.10. The van der Waals surface area contributed by atoms with Crippen molar-refractivity contribution in [3.05, 3.63) is 59.7 Å². The lowest BCUT2D eigenvalue weighted by molar-refractivity contribution is -0.116. The average molecular weight is 352 g/mol. The maximum absolute atomic E-state index is 12.4. The van der Waals surface area contributed by atoms with Crippen LogP contribution in [0.1, 0.15) is 40.5 Å². The highest BCUT2D eigenvalue weighted by Crippen LogP contribution is 2.25. The minimum atomic E-state index is -0.453. The first-order valence-electron chi connectivity index (χ1n) is 8.58. The molecule has 1 aliphatic rings. The number of hydrogen-bond donors (Lipinski definition) is 1. The summed E-state index contributed by atoms with van der Waals surface area (Å²) in [7, 11) is 0. The van der Waals surface area contributed by atoms with Gasteiger partial charge in [0, 0.05) is 0 Å². The maximum Gasteiger partial charge on any atom is 0.262 e. The fraction of sp³-hybridized carbons (Fsp3) is 0.250. The number of carbonyl (C=O) groups excluding carboxylic acids is 3. The number of benzene rings is 2. The summed E-state index contributed by atoms with van der Waals surface area (Å²) >= 11 is 0. The first-order valence-corrected chi connectivity index (χ1v) is 8.58. The molecule has 0 radical (unpaired) electrons. The van der Waals surface area contributed by atoms with Crippen molar-refractivity contribution in [2.75, 3.05) is 18.5 Å². The first kappa shape index (κ1) is 17.7. The Balaban J connectivity index is 1.67. The lowest BCUT2D eigenvalue weighted by atomic mass is 10.1. The Morgan fingerprint density at radius 3 is 2.27 bits per heavy atom. The van der Waals surface area contributed by atoms with Crippen LogP contribution in [-0.2, 0) is 4.79 Å². The molecule has 0 aliphatic carbocycles. The molecule has 0 saturated heterocycles. The zero-order valence-electron chi connectivity index (χ0n) is 14.5. The Hall–Kier alpha value is -3.15. The van der Waals surface area contributed by atoms with Crippen LogP contribution >= 0.6 is 0 Å². The van der Waals surface area contributed by atoms with Gasteiger partial charge in [-0.25, -0.2) is 0 Å². The topological polar surface area (TPSA) is 75.7 Å². The van der Waals surface area contributed by atoms with Gasteiger partial charge in [0.15, 0.2) is 0 Å². The summed E-state index contributed by atoms with van der Waals surface area (Å²) in [6.45, 7) is 2.29. The van der Waals surface area contributed by atoms with Crippen molar-refractivity contribution in [3.63, 3.8) is 0 Å². The van der Waals surface area contributed by atoms with Gasteiger partial charge in [0.2, 0.25) is 5.91 Å². The molecule has 0 fully saturated rings. The highest BCUT2D eigenvalue weighted by atomic mass is 16.5. The molecule has 0 saturated carbocycles. The highest BCUT2D eigenvalue weighted by molar-refractivity contribution is 6.22. The smallest absolute Gasteiger partial charge is 0.262 e. The molecule has 1 N–H and O–H groups in total. The van der Waals surface area contributed by atoms with Crippen molar-refractivity contribution < 1.29 is 19.1 Å². The Morgan fingerprint density at radius 2 is 1.62 bits per heavy atom. The number of hydrogen-bond acceptors (Lipinski definition) is 4. The van der Waals surface area contributed by atoms with Crippen LogP contribution in [0.4, 0.5) is 5.69 Å². The fourth-order valence-electron chi connectivity index (χ4n) is 2.74. The number of carbonyl (C=O) groups is 3. The Bertz CT molecular complexity index is 812. The van der Waals surface area contributed by atoms with E-state index in [1.54, 1.807) is 42.5 Å². The number of imide groups is 1. The van der Waals surface area contributed by atoms with Crippen LogP contribution in [0, 0.1) is 0 Å². The number of para-hydroxylation sites is 2. The number of ether oxygens (including phenoxy) is 1. The van der Waals surface area contributed by atoms with Crippen molar-refractivity contribution in [3.8, 4) is 5.75 Å². The Kier molecular flexibility index (Phi) is 5.31. The summed E-state index contributed by atoms with van der Waals surface area (Å²) in [5.41, 5.74) is 1.17. The van der Waals surface area contributed by atoms with E-state index < -0.39 is 17.7 Å². The van der Waals surface area contributed by atoms with Gasteiger partial charge < -0.3 is 10.1 Å². The van der Waals surface area contributed by atoms with Crippen molar-refractivity contribution in [1.29, 1.82) is 0 Å². The summed E-state index contributed by atoms with van der Waals surface area (Å²) in [5, 5.41) is 2.72. The Labute approximate surface area is 151 Å². The van der Waals surface area contributed by atoms with E-state index in [0.717, 1.165) is 17.7 Å². The Morgan fingerprint density at radius 1 is 1.00 bits per heavy atom. The van der Waals surface area contributed by atoms with Crippen LogP contribution in [0.5, 0.6) is 5.75 Å². The van der Waals surface area contributed by atoms with Crippen LogP contribution in [0.15, 0.2) is 48.5 Å². The summed E-state index contributed by atoms with van der Waals surface area (Å²) in [5.74, 6) is -0.788.